The van der Waals surface area contributed by atoms with Crippen LogP contribution in [-0.4, -0.2) is 32.1 Å². The van der Waals surface area contributed by atoms with Crippen LogP contribution in [0.2, 0.25) is 0 Å². The van der Waals surface area contributed by atoms with Gasteiger partial charge in [-0.25, -0.2) is 0 Å². The van der Waals surface area contributed by atoms with Crippen molar-refractivity contribution >= 4 is 11.6 Å². The quantitative estimate of drug-likeness (QED) is 0.743. The SMILES string of the molecule is CNc1ccc(OC2CCNCC2)cc1C(N)=O. The summed E-state index contributed by atoms with van der Waals surface area (Å²) in [5.74, 6) is 0.254. The average molecular weight is 249 g/mol. The molecule has 0 unspecified atom stereocenters. The van der Waals surface area contributed by atoms with E-state index in [1.54, 1.807) is 13.1 Å². The minimum Gasteiger partial charge on any atom is -0.490 e. The fraction of sp³-hybridized carbons (Fsp3) is 0.462. The number of carbonyl (C=O) groups excluding carboxylic acids is 1. The molecule has 0 aromatic heterocycles. The summed E-state index contributed by atoms with van der Waals surface area (Å²) >= 11 is 0. The molecular formula is C13H19N3O2. The first-order valence-corrected chi connectivity index (χ1v) is 6.19. The molecule has 1 aliphatic rings. The Hall–Kier alpha value is -1.75. The highest BCUT2D eigenvalue weighted by atomic mass is 16.5. The van der Waals surface area contributed by atoms with Crippen molar-refractivity contribution in [1.82, 2.24) is 5.32 Å². The standard InChI is InChI=1S/C13H19N3O2/c1-15-12-3-2-10(8-11(12)13(14)17)18-9-4-6-16-7-5-9/h2-3,8-9,15-16H,4-7H2,1H3,(H2,14,17). The van der Waals surface area contributed by atoms with E-state index in [1.807, 2.05) is 12.1 Å². The highest BCUT2D eigenvalue weighted by Gasteiger charge is 2.16. The predicted molar refractivity (Wildman–Crippen MR) is 71.0 cm³/mol. The van der Waals surface area contributed by atoms with Gasteiger partial charge in [-0.3, -0.25) is 4.79 Å². The molecule has 18 heavy (non-hydrogen) atoms. The molecule has 0 aliphatic carbocycles. The van der Waals surface area contributed by atoms with Crippen LogP contribution in [0.1, 0.15) is 23.2 Å². The molecule has 0 atom stereocenters. The van der Waals surface area contributed by atoms with Gasteiger partial charge in [-0.1, -0.05) is 0 Å². The van der Waals surface area contributed by atoms with Crippen LogP contribution in [-0.2, 0) is 0 Å². The largest absolute Gasteiger partial charge is 0.490 e. The van der Waals surface area contributed by atoms with Crippen molar-refractivity contribution in [3.8, 4) is 5.75 Å². The molecule has 1 aromatic carbocycles. The van der Waals surface area contributed by atoms with E-state index >= 15 is 0 Å². The Balaban J connectivity index is 2.13. The number of piperidine rings is 1. The maximum Gasteiger partial charge on any atom is 0.250 e. The fourth-order valence-corrected chi connectivity index (χ4v) is 2.12. The minimum atomic E-state index is -0.449. The number of benzene rings is 1. The van der Waals surface area contributed by atoms with Gasteiger partial charge in [0.1, 0.15) is 11.9 Å². The molecule has 1 aromatic rings. The van der Waals surface area contributed by atoms with Crippen LogP contribution in [0.3, 0.4) is 0 Å². The number of nitrogens with two attached hydrogens (primary N) is 1. The molecule has 5 heteroatoms. The molecule has 0 bridgehead atoms. The van der Waals surface area contributed by atoms with Gasteiger partial charge in [0.15, 0.2) is 0 Å². The Kier molecular flexibility index (Phi) is 4.04. The second-order valence-electron chi connectivity index (χ2n) is 4.39. The number of hydrogen-bond donors (Lipinski definition) is 3. The average Bonchev–Trinajstić information content (AvgIpc) is 2.40. The zero-order valence-electron chi connectivity index (χ0n) is 10.5. The van der Waals surface area contributed by atoms with Gasteiger partial charge >= 0.3 is 0 Å². The number of nitrogens with one attached hydrogen (secondary N) is 2. The minimum absolute atomic E-state index is 0.215. The van der Waals surface area contributed by atoms with Crippen molar-refractivity contribution in [2.24, 2.45) is 5.73 Å². The lowest BCUT2D eigenvalue weighted by molar-refractivity contribution is 0.0999. The first-order chi connectivity index (χ1) is 8.70. The van der Waals surface area contributed by atoms with Crippen LogP contribution >= 0.6 is 0 Å². The molecule has 0 saturated carbocycles. The van der Waals surface area contributed by atoms with Crippen LogP contribution in [0.5, 0.6) is 5.75 Å². The van der Waals surface area contributed by atoms with E-state index in [2.05, 4.69) is 10.6 Å². The number of amides is 1. The summed E-state index contributed by atoms with van der Waals surface area (Å²) < 4.78 is 5.87. The van der Waals surface area contributed by atoms with Crippen molar-refractivity contribution in [3.63, 3.8) is 0 Å². The number of primary amides is 1. The van der Waals surface area contributed by atoms with Crippen molar-refractivity contribution < 1.29 is 9.53 Å². The highest BCUT2D eigenvalue weighted by Crippen LogP contribution is 2.23. The van der Waals surface area contributed by atoms with E-state index in [-0.39, 0.29) is 6.10 Å². The summed E-state index contributed by atoms with van der Waals surface area (Å²) in [6.07, 6.45) is 2.19. The lowest BCUT2D eigenvalue weighted by Crippen LogP contribution is -2.34. The third-order valence-corrected chi connectivity index (χ3v) is 3.11. The predicted octanol–water partition coefficient (Wildman–Crippen LogP) is 0.958. The fourth-order valence-electron chi connectivity index (χ4n) is 2.12. The molecule has 4 N–H and O–H groups in total. The summed E-state index contributed by atoms with van der Waals surface area (Å²) in [4.78, 5) is 11.3. The Morgan fingerprint density at radius 1 is 1.44 bits per heavy atom. The lowest BCUT2D eigenvalue weighted by atomic mass is 10.1. The van der Waals surface area contributed by atoms with Gasteiger partial charge < -0.3 is 21.1 Å². The molecule has 2 rings (SSSR count). The Labute approximate surface area is 107 Å². The van der Waals surface area contributed by atoms with Crippen molar-refractivity contribution in [1.29, 1.82) is 0 Å². The zero-order chi connectivity index (χ0) is 13.0. The molecule has 1 aliphatic heterocycles. The van der Waals surface area contributed by atoms with Crippen LogP contribution in [0, 0.1) is 0 Å². The number of hydrogen-bond acceptors (Lipinski definition) is 4. The topological polar surface area (TPSA) is 76.4 Å². The monoisotopic (exact) mass is 249 g/mol. The second kappa shape index (κ2) is 5.73. The summed E-state index contributed by atoms with van der Waals surface area (Å²) in [7, 11) is 1.76. The molecule has 98 valence electrons. The number of rotatable bonds is 4. The molecule has 1 amide bonds. The maximum atomic E-state index is 11.3. The molecular weight excluding hydrogens is 230 g/mol. The number of carbonyl (C=O) groups is 1. The van der Waals surface area contributed by atoms with Crippen LogP contribution in [0.15, 0.2) is 18.2 Å². The van der Waals surface area contributed by atoms with E-state index in [1.165, 1.54) is 0 Å². The smallest absolute Gasteiger partial charge is 0.250 e. The van der Waals surface area contributed by atoms with Gasteiger partial charge in [0.05, 0.1) is 5.56 Å². The van der Waals surface area contributed by atoms with Gasteiger partial charge in [0.2, 0.25) is 0 Å². The van der Waals surface area contributed by atoms with Crippen molar-refractivity contribution in [2.45, 2.75) is 18.9 Å². The van der Waals surface area contributed by atoms with Crippen molar-refractivity contribution in [3.05, 3.63) is 23.8 Å². The molecule has 1 heterocycles. The van der Waals surface area contributed by atoms with E-state index < -0.39 is 5.91 Å². The maximum absolute atomic E-state index is 11.3. The van der Waals surface area contributed by atoms with E-state index in [0.717, 1.165) is 31.6 Å². The Morgan fingerprint density at radius 3 is 2.78 bits per heavy atom. The molecule has 1 fully saturated rings. The summed E-state index contributed by atoms with van der Waals surface area (Å²) in [5, 5.41) is 6.23. The third kappa shape index (κ3) is 2.92. The van der Waals surface area contributed by atoms with Gasteiger partial charge in [-0.2, -0.15) is 0 Å². The summed E-state index contributed by atoms with van der Waals surface area (Å²) in [6, 6.07) is 5.38. The van der Waals surface area contributed by atoms with Crippen LogP contribution < -0.4 is 21.1 Å². The summed E-state index contributed by atoms with van der Waals surface area (Å²) in [6.45, 7) is 1.95. The first-order valence-electron chi connectivity index (χ1n) is 6.19. The Morgan fingerprint density at radius 2 is 2.17 bits per heavy atom. The normalized spacial score (nSPS) is 16.3. The van der Waals surface area contributed by atoms with Gasteiger partial charge in [0, 0.05) is 12.7 Å². The van der Waals surface area contributed by atoms with E-state index in [0.29, 0.717) is 11.3 Å². The van der Waals surface area contributed by atoms with E-state index in [9.17, 15) is 4.79 Å². The van der Waals surface area contributed by atoms with Crippen LogP contribution in [0.25, 0.3) is 0 Å². The van der Waals surface area contributed by atoms with Gasteiger partial charge in [-0.05, 0) is 44.1 Å². The van der Waals surface area contributed by atoms with Crippen LogP contribution in [0.4, 0.5) is 5.69 Å². The molecule has 0 radical (unpaired) electrons. The molecule has 0 spiro atoms. The number of anilines is 1. The second-order valence-corrected chi connectivity index (χ2v) is 4.39. The summed E-state index contributed by atoms with van der Waals surface area (Å²) in [5.41, 5.74) is 6.53. The first kappa shape index (κ1) is 12.7. The molecule has 1 saturated heterocycles. The highest BCUT2D eigenvalue weighted by molar-refractivity contribution is 5.98. The zero-order valence-corrected chi connectivity index (χ0v) is 10.5. The van der Waals surface area contributed by atoms with Gasteiger partial charge in [0.25, 0.3) is 5.91 Å². The third-order valence-electron chi connectivity index (χ3n) is 3.11. The van der Waals surface area contributed by atoms with E-state index in [4.69, 9.17) is 10.5 Å². The van der Waals surface area contributed by atoms with Gasteiger partial charge in [-0.15, -0.1) is 0 Å². The molecule has 5 nitrogen and oxygen atoms in total. The lowest BCUT2D eigenvalue weighted by Gasteiger charge is -2.24. The van der Waals surface area contributed by atoms with Crippen molar-refractivity contribution in [2.75, 3.05) is 25.5 Å². The number of ether oxygens (including phenoxy) is 1. The Bertz CT molecular complexity index is 428.